The molecule has 0 aromatic rings. The first-order valence-electron chi connectivity index (χ1n) is 6.35. The van der Waals surface area contributed by atoms with Crippen LogP contribution in [0.1, 0.15) is 32.6 Å². The molecule has 1 saturated carbocycles. The Morgan fingerprint density at radius 3 is 2.93 bits per heavy atom. The molecule has 0 aromatic carbocycles. The Morgan fingerprint density at radius 1 is 1.20 bits per heavy atom. The van der Waals surface area contributed by atoms with E-state index in [-0.39, 0.29) is 0 Å². The highest BCUT2D eigenvalue weighted by molar-refractivity contribution is 4.88. The molecule has 3 unspecified atom stereocenters. The van der Waals surface area contributed by atoms with Crippen LogP contribution in [0.3, 0.4) is 0 Å². The topological polar surface area (TPSA) is 38.5 Å². The summed E-state index contributed by atoms with van der Waals surface area (Å²) in [6.45, 7) is 6.41. The van der Waals surface area contributed by atoms with Crippen molar-refractivity contribution in [2.75, 3.05) is 26.3 Å². The van der Waals surface area contributed by atoms with Crippen molar-refractivity contribution in [3.8, 4) is 0 Å². The molecule has 2 N–H and O–H groups in total. The van der Waals surface area contributed by atoms with E-state index in [1.807, 2.05) is 0 Å². The minimum Gasteiger partial charge on any atom is -0.380 e. The third kappa shape index (κ3) is 2.92. The van der Waals surface area contributed by atoms with Crippen LogP contribution in [0, 0.1) is 5.92 Å². The average Bonchev–Trinajstić information content (AvgIpc) is 2.50. The largest absolute Gasteiger partial charge is 0.380 e. The van der Waals surface area contributed by atoms with Crippen LogP contribution in [0.25, 0.3) is 0 Å². The van der Waals surface area contributed by atoms with E-state index in [2.05, 4.69) is 11.8 Å². The van der Waals surface area contributed by atoms with E-state index in [1.54, 1.807) is 0 Å². The lowest BCUT2D eigenvalue weighted by atomic mass is 9.83. The Kier molecular flexibility index (Phi) is 4.00. The molecule has 0 spiro atoms. The van der Waals surface area contributed by atoms with Crippen LogP contribution in [0.2, 0.25) is 0 Å². The smallest absolute Gasteiger partial charge is 0.0593 e. The summed E-state index contributed by atoms with van der Waals surface area (Å²) in [5, 5.41) is 0. The lowest BCUT2D eigenvalue weighted by molar-refractivity contribution is 0.101. The third-order valence-electron chi connectivity index (χ3n) is 3.86. The Morgan fingerprint density at radius 2 is 2.07 bits per heavy atom. The molecule has 88 valence electrons. The molecule has 15 heavy (non-hydrogen) atoms. The predicted octanol–water partition coefficient (Wildman–Crippen LogP) is 1.22. The molecule has 0 aromatic heterocycles. The summed E-state index contributed by atoms with van der Waals surface area (Å²) in [7, 11) is 0. The summed E-state index contributed by atoms with van der Waals surface area (Å²) in [6, 6.07) is 0.995. The minimum atomic E-state index is 0.388. The number of hydrogen-bond donors (Lipinski definition) is 1. The SMILES string of the molecule is CC1CCC(N)C(N2CCCOCC2)C1. The molecule has 0 radical (unpaired) electrons. The second kappa shape index (κ2) is 5.28. The Labute approximate surface area is 93.0 Å². The van der Waals surface area contributed by atoms with Crippen molar-refractivity contribution in [2.45, 2.75) is 44.7 Å². The van der Waals surface area contributed by atoms with Crippen LogP contribution in [0.15, 0.2) is 0 Å². The predicted molar refractivity (Wildman–Crippen MR) is 61.8 cm³/mol. The Hall–Kier alpha value is -0.120. The van der Waals surface area contributed by atoms with Gasteiger partial charge in [0, 0.05) is 31.8 Å². The van der Waals surface area contributed by atoms with E-state index in [4.69, 9.17) is 10.5 Å². The van der Waals surface area contributed by atoms with Crippen LogP contribution in [0.5, 0.6) is 0 Å². The molecule has 0 amide bonds. The average molecular weight is 212 g/mol. The molecule has 2 fully saturated rings. The van der Waals surface area contributed by atoms with Gasteiger partial charge in [0.1, 0.15) is 0 Å². The molecule has 2 aliphatic rings. The van der Waals surface area contributed by atoms with Crippen molar-refractivity contribution in [2.24, 2.45) is 11.7 Å². The third-order valence-corrected chi connectivity index (χ3v) is 3.86. The van der Waals surface area contributed by atoms with Gasteiger partial charge in [-0.2, -0.15) is 0 Å². The van der Waals surface area contributed by atoms with Gasteiger partial charge in [0.2, 0.25) is 0 Å². The van der Waals surface area contributed by atoms with Crippen molar-refractivity contribution >= 4 is 0 Å². The fourth-order valence-corrected chi connectivity index (χ4v) is 2.89. The molecule has 3 atom stereocenters. The van der Waals surface area contributed by atoms with Crippen LogP contribution in [-0.2, 0) is 4.74 Å². The van der Waals surface area contributed by atoms with Crippen molar-refractivity contribution in [1.29, 1.82) is 0 Å². The molecular formula is C12H24N2O. The normalized spacial score (nSPS) is 40.0. The van der Waals surface area contributed by atoms with E-state index in [0.717, 1.165) is 32.1 Å². The monoisotopic (exact) mass is 212 g/mol. The van der Waals surface area contributed by atoms with Gasteiger partial charge in [-0.05, 0) is 31.6 Å². The number of nitrogens with zero attached hydrogens (tertiary/aromatic N) is 1. The second-order valence-corrected chi connectivity index (χ2v) is 5.15. The molecule has 3 heteroatoms. The number of hydrogen-bond acceptors (Lipinski definition) is 3. The first-order valence-corrected chi connectivity index (χ1v) is 6.35. The number of nitrogens with two attached hydrogens (primary N) is 1. The van der Waals surface area contributed by atoms with Crippen LogP contribution < -0.4 is 5.73 Å². The molecule has 0 bridgehead atoms. The molecule has 2 rings (SSSR count). The van der Waals surface area contributed by atoms with E-state index in [1.165, 1.54) is 25.8 Å². The van der Waals surface area contributed by atoms with Crippen molar-refractivity contribution in [1.82, 2.24) is 4.90 Å². The summed E-state index contributed by atoms with van der Waals surface area (Å²) in [4.78, 5) is 2.56. The van der Waals surface area contributed by atoms with Gasteiger partial charge in [0.05, 0.1) is 6.61 Å². The number of ether oxygens (including phenoxy) is 1. The maximum Gasteiger partial charge on any atom is 0.0593 e. The van der Waals surface area contributed by atoms with Gasteiger partial charge in [-0.15, -0.1) is 0 Å². The maximum absolute atomic E-state index is 6.24. The summed E-state index contributed by atoms with van der Waals surface area (Å²) < 4.78 is 5.50. The second-order valence-electron chi connectivity index (χ2n) is 5.15. The standard InChI is InChI=1S/C12H24N2O/c1-10-3-4-11(13)12(9-10)14-5-2-7-15-8-6-14/h10-12H,2-9,13H2,1H3. The van der Waals surface area contributed by atoms with E-state index in [9.17, 15) is 0 Å². The molecule has 3 nitrogen and oxygen atoms in total. The molecule has 1 aliphatic carbocycles. The maximum atomic E-state index is 6.24. The lowest BCUT2D eigenvalue weighted by Crippen LogP contribution is -2.51. The van der Waals surface area contributed by atoms with Gasteiger partial charge in [0.25, 0.3) is 0 Å². The summed E-state index contributed by atoms with van der Waals surface area (Å²) in [5.41, 5.74) is 6.24. The van der Waals surface area contributed by atoms with E-state index in [0.29, 0.717) is 12.1 Å². The summed E-state index contributed by atoms with van der Waals surface area (Å²) >= 11 is 0. The molecule has 1 heterocycles. The van der Waals surface area contributed by atoms with E-state index < -0.39 is 0 Å². The highest BCUT2D eigenvalue weighted by atomic mass is 16.5. The van der Waals surface area contributed by atoms with Gasteiger partial charge in [-0.1, -0.05) is 6.92 Å². The zero-order valence-corrected chi connectivity index (χ0v) is 9.82. The zero-order valence-electron chi connectivity index (χ0n) is 9.82. The summed E-state index contributed by atoms with van der Waals surface area (Å²) in [6.07, 6.45) is 4.95. The molecule has 1 saturated heterocycles. The number of rotatable bonds is 1. The van der Waals surface area contributed by atoms with Crippen LogP contribution in [0.4, 0.5) is 0 Å². The van der Waals surface area contributed by atoms with Crippen LogP contribution >= 0.6 is 0 Å². The van der Waals surface area contributed by atoms with Crippen molar-refractivity contribution in [3.63, 3.8) is 0 Å². The fraction of sp³-hybridized carbons (Fsp3) is 1.00. The minimum absolute atomic E-state index is 0.388. The van der Waals surface area contributed by atoms with Gasteiger partial charge in [-0.3, -0.25) is 4.90 Å². The summed E-state index contributed by atoms with van der Waals surface area (Å²) in [5.74, 6) is 0.846. The van der Waals surface area contributed by atoms with Gasteiger partial charge >= 0.3 is 0 Å². The van der Waals surface area contributed by atoms with Crippen molar-refractivity contribution < 1.29 is 4.74 Å². The molecule has 1 aliphatic heterocycles. The fourth-order valence-electron chi connectivity index (χ4n) is 2.89. The van der Waals surface area contributed by atoms with Gasteiger partial charge in [-0.25, -0.2) is 0 Å². The molecular weight excluding hydrogens is 188 g/mol. The Balaban J connectivity index is 1.93. The highest BCUT2D eigenvalue weighted by Crippen LogP contribution is 2.27. The van der Waals surface area contributed by atoms with Crippen molar-refractivity contribution in [3.05, 3.63) is 0 Å². The Bertz CT molecular complexity index is 190. The van der Waals surface area contributed by atoms with Gasteiger partial charge in [0.15, 0.2) is 0 Å². The highest BCUT2D eigenvalue weighted by Gasteiger charge is 2.30. The van der Waals surface area contributed by atoms with Gasteiger partial charge < -0.3 is 10.5 Å². The first-order chi connectivity index (χ1) is 7.27. The quantitative estimate of drug-likeness (QED) is 0.710. The lowest BCUT2D eigenvalue weighted by Gasteiger charge is -2.40. The van der Waals surface area contributed by atoms with E-state index >= 15 is 0 Å². The van der Waals surface area contributed by atoms with Crippen LogP contribution in [-0.4, -0.2) is 43.3 Å². The first kappa shape index (κ1) is 11.4. The zero-order chi connectivity index (χ0) is 10.7.